The summed E-state index contributed by atoms with van der Waals surface area (Å²) in [5, 5.41) is 3.89. The van der Waals surface area contributed by atoms with Gasteiger partial charge in [0.25, 0.3) is 0 Å². The van der Waals surface area contributed by atoms with E-state index >= 15 is 0 Å². The van der Waals surface area contributed by atoms with Gasteiger partial charge in [0.15, 0.2) is 0 Å². The first-order valence-corrected chi connectivity index (χ1v) is 10.7. The van der Waals surface area contributed by atoms with Crippen LogP contribution in [0, 0.1) is 6.92 Å². The summed E-state index contributed by atoms with van der Waals surface area (Å²) in [4.78, 5) is 6.57. The number of nitrogens with zero attached hydrogens (tertiary/aromatic N) is 4. The van der Waals surface area contributed by atoms with Crippen LogP contribution in [-0.4, -0.2) is 56.2 Å². The van der Waals surface area contributed by atoms with E-state index < -0.39 is 10.0 Å². The second kappa shape index (κ2) is 7.84. The predicted molar refractivity (Wildman–Crippen MR) is 108 cm³/mol. The molecule has 1 fully saturated rings. The van der Waals surface area contributed by atoms with Crippen LogP contribution in [0.5, 0.6) is 5.75 Å². The van der Waals surface area contributed by atoms with Gasteiger partial charge in [0.05, 0.1) is 17.6 Å². The number of rotatable bonds is 5. The van der Waals surface area contributed by atoms with Gasteiger partial charge >= 0.3 is 0 Å². The number of piperazine rings is 1. The van der Waals surface area contributed by atoms with Crippen molar-refractivity contribution >= 4 is 15.7 Å². The van der Waals surface area contributed by atoms with Crippen LogP contribution < -0.4 is 9.64 Å². The summed E-state index contributed by atoms with van der Waals surface area (Å²) < 4.78 is 38.3. The maximum atomic E-state index is 13.2. The number of para-hydroxylation sites is 1. The number of hydrogen-bond donors (Lipinski definition) is 0. The smallest absolute Gasteiger partial charge is 0.243 e. The molecule has 2 aromatic carbocycles. The van der Waals surface area contributed by atoms with Crippen LogP contribution in [0.3, 0.4) is 0 Å². The molecule has 0 atom stereocenters. The molecule has 0 radical (unpaired) electrons. The quantitative estimate of drug-likeness (QED) is 0.634. The van der Waals surface area contributed by atoms with Gasteiger partial charge in [-0.25, -0.2) is 8.42 Å². The van der Waals surface area contributed by atoms with Crippen molar-refractivity contribution in [1.29, 1.82) is 0 Å². The molecule has 29 heavy (non-hydrogen) atoms. The van der Waals surface area contributed by atoms with E-state index in [0.29, 0.717) is 49.2 Å². The molecule has 1 saturated heterocycles. The van der Waals surface area contributed by atoms with Gasteiger partial charge in [-0.1, -0.05) is 23.4 Å². The van der Waals surface area contributed by atoms with Crippen molar-refractivity contribution in [2.75, 3.05) is 38.2 Å². The molecule has 0 saturated carbocycles. The fraction of sp³-hybridized carbons (Fsp3) is 0.300. The normalized spacial score (nSPS) is 15.4. The Kier molecular flexibility index (Phi) is 5.25. The van der Waals surface area contributed by atoms with Crippen molar-refractivity contribution in [1.82, 2.24) is 14.4 Å². The zero-order chi connectivity index (χ0) is 20.4. The number of hydrogen-bond acceptors (Lipinski definition) is 7. The molecule has 0 bridgehead atoms. The third-order valence-electron chi connectivity index (χ3n) is 4.94. The van der Waals surface area contributed by atoms with Crippen LogP contribution in [0.2, 0.25) is 0 Å². The fourth-order valence-corrected chi connectivity index (χ4v) is 4.85. The van der Waals surface area contributed by atoms with Crippen LogP contribution in [0.1, 0.15) is 5.89 Å². The molecular weight excluding hydrogens is 392 g/mol. The number of methoxy groups -OCH3 is 1. The Morgan fingerprint density at radius 2 is 1.76 bits per heavy atom. The van der Waals surface area contributed by atoms with E-state index in [1.165, 1.54) is 11.4 Å². The number of benzene rings is 2. The van der Waals surface area contributed by atoms with Gasteiger partial charge < -0.3 is 14.2 Å². The Morgan fingerprint density at radius 1 is 1.03 bits per heavy atom. The van der Waals surface area contributed by atoms with E-state index in [2.05, 4.69) is 15.0 Å². The molecule has 0 aliphatic carbocycles. The molecule has 1 aliphatic rings. The molecule has 8 nitrogen and oxygen atoms in total. The van der Waals surface area contributed by atoms with E-state index in [1.54, 1.807) is 25.1 Å². The molecule has 0 spiro atoms. The summed E-state index contributed by atoms with van der Waals surface area (Å²) >= 11 is 0. The molecular formula is C20H22N4O4S. The Morgan fingerprint density at radius 3 is 2.38 bits per heavy atom. The number of aromatic nitrogens is 2. The maximum absolute atomic E-state index is 13.2. The second-order valence-electron chi connectivity index (χ2n) is 6.73. The molecule has 0 N–H and O–H groups in total. The van der Waals surface area contributed by atoms with E-state index in [4.69, 9.17) is 9.26 Å². The molecule has 1 aliphatic heterocycles. The van der Waals surface area contributed by atoms with Crippen molar-refractivity contribution < 1.29 is 17.7 Å². The van der Waals surface area contributed by atoms with Crippen LogP contribution in [0.25, 0.3) is 11.4 Å². The van der Waals surface area contributed by atoms with Gasteiger partial charge in [-0.3, -0.25) is 0 Å². The minimum absolute atomic E-state index is 0.184. The summed E-state index contributed by atoms with van der Waals surface area (Å²) in [5.74, 6) is 1.18. The fourth-order valence-electron chi connectivity index (χ4n) is 3.41. The summed E-state index contributed by atoms with van der Waals surface area (Å²) in [6.45, 7) is 3.78. The van der Waals surface area contributed by atoms with Crippen LogP contribution in [0.15, 0.2) is 57.9 Å². The monoisotopic (exact) mass is 414 g/mol. The van der Waals surface area contributed by atoms with Gasteiger partial charge in [-0.2, -0.15) is 9.29 Å². The van der Waals surface area contributed by atoms with Gasteiger partial charge in [-0.15, -0.1) is 0 Å². The van der Waals surface area contributed by atoms with E-state index in [0.717, 1.165) is 5.69 Å². The predicted octanol–water partition coefficient (Wildman–Crippen LogP) is 2.56. The lowest BCUT2D eigenvalue weighted by molar-refractivity contribution is 0.384. The van der Waals surface area contributed by atoms with Crippen molar-refractivity contribution in [2.24, 2.45) is 0 Å². The molecule has 2 heterocycles. The highest BCUT2D eigenvalue weighted by Crippen LogP contribution is 2.32. The van der Waals surface area contributed by atoms with E-state index in [1.807, 2.05) is 30.3 Å². The largest absolute Gasteiger partial charge is 0.496 e. The zero-order valence-electron chi connectivity index (χ0n) is 16.3. The minimum atomic E-state index is -3.65. The Hall–Kier alpha value is -2.91. The van der Waals surface area contributed by atoms with Gasteiger partial charge in [0, 0.05) is 38.8 Å². The lowest BCUT2D eigenvalue weighted by Gasteiger charge is -2.35. The highest BCUT2D eigenvalue weighted by molar-refractivity contribution is 7.89. The zero-order valence-corrected chi connectivity index (χ0v) is 17.1. The van der Waals surface area contributed by atoms with E-state index in [9.17, 15) is 8.42 Å². The summed E-state index contributed by atoms with van der Waals surface area (Å²) in [6.07, 6.45) is 0. The first-order valence-electron chi connectivity index (χ1n) is 9.28. The van der Waals surface area contributed by atoms with Crippen molar-refractivity contribution in [3.8, 4) is 17.1 Å². The number of ether oxygens (including phenoxy) is 1. The SMILES string of the molecule is COc1ccc(S(=O)(=O)N2CCN(c3ccccc3)CC2)cc1-c1noc(C)n1. The Balaban J connectivity index is 1.58. The topological polar surface area (TPSA) is 88.8 Å². The van der Waals surface area contributed by atoms with Crippen molar-refractivity contribution in [3.05, 3.63) is 54.4 Å². The average Bonchev–Trinajstić information content (AvgIpc) is 3.20. The summed E-state index contributed by atoms with van der Waals surface area (Å²) in [7, 11) is -2.13. The van der Waals surface area contributed by atoms with Crippen LogP contribution in [0.4, 0.5) is 5.69 Å². The third kappa shape index (κ3) is 3.83. The molecule has 9 heteroatoms. The van der Waals surface area contributed by atoms with Crippen LogP contribution >= 0.6 is 0 Å². The van der Waals surface area contributed by atoms with Gasteiger partial charge in [-0.05, 0) is 30.3 Å². The minimum Gasteiger partial charge on any atom is -0.496 e. The Bertz CT molecular complexity index is 1090. The summed E-state index contributed by atoms with van der Waals surface area (Å²) in [5.41, 5.74) is 1.58. The second-order valence-corrected chi connectivity index (χ2v) is 8.66. The first kappa shape index (κ1) is 19.4. The number of sulfonamides is 1. The lowest BCUT2D eigenvalue weighted by atomic mass is 10.2. The average molecular weight is 414 g/mol. The molecule has 152 valence electrons. The van der Waals surface area contributed by atoms with E-state index in [-0.39, 0.29) is 4.90 Å². The molecule has 0 unspecified atom stereocenters. The van der Waals surface area contributed by atoms with Crippen molar-refractivity contribution in [3.63, 3.8) is 0 Å². The third-order valence-corrected chi connectivity index (χ3v) is 6.83. The van der Waals surface area contributed by atoms with Gasteiger partial charge in [0.1, 0.15) is 5.75 Å². The van der Waals surface area contributed by atoms with Gasteiger partial charge in [0.2, 0.25) is 21.7 Å². The number of aryl methyl sites for hydroxylation is 1. The van der Waals surface area contributed by atoms with Crippen molar-refractivity contribution in [2.45, 2.75) is 11.8 Å². The maximum Gasteiger partial charge on any atom is 0.243 e. The van der Waals surface area contributed by atoms with Crippen LogP contribution in [-0.2, 0) is 10.0 Å². The lowest BCUT2D eigenvalue weighted by Crippen LogP contribution is -2.48. The molecule has 3 aromatic rings. The highest BCUT2D eigenvalue weighted by Gasteiger charge is 2.29. The molecule has 1 aromatic heterocycles. The standard InChI is InChI=1S/C20H22N4O4S/c1-15-21-20(22-28-15)18-14-17(8-9-19(18)27-2)29(25,26)24-12-10-23(11-13-24)16-6-4-3-5-7-16/h3-9,14H,10-13H2,1-2H3. The first-order chi connectivity index (χ1) is 14.0. The number of anilines is 1. The summed E-state index contributed by atoms with van der Waals surface area (Å²) in [6, 6.07) is 14.7. The Labute approximate surface area is 169 Å². The highest BCUT2D eigenvalue weighted by atomic mass is 32.2. The molecule has 4 rings (SSSR count). The molecule has 0 amide bonds.